The van der Waals surface area contributed by atoms with Crippen LogP contribution in [0.2, 0.25) is 0 Å². The van der Waals surface area contributed by atoms with Crippen LogP contribution in [0.15, 0.2) is 24.4 Å². The van der Waals surface area contributed by atoms with Crippen molar-refractivity contribution in [1.82, 2.24) is 15.2 Å². The first kappa shape index (κ1) is 15.0. The Balaban J connectivity index is 1.73. The van der Waals surface area contributed by atoms with Gasteiger partial charge in [0.05, 0.1) is 5.69 Å². The van der Waals surface area contributed by atoms with Crippen molar-refractivity contribution >= 4 is 0 Å². The smallest absolute Gasteiger partial charge is 0.0544 e. The second-order valence-corrected chi connectivity index (χ2v) is 7.54. The first-order valence-corrected chi connectivity index (χ1v) is 8.46. The molecule has 3 heteroatoms. The van der Waals surface area contributed by atoms with Crippen molar-refractivity contribution in [3.8, 4) is 0 Å². The van der Waals surface area contributed by atoms with E-state index in [0.717, 1.165) is 31.5 Å². The Morgan fingerprint density at radius 3 is 2.81 bits per heavy atom. The van der Waals surface area contributed by atoms with E-state index < -0.39 is 0 Å². The molecule has 1 aliphatic carbocycles. The van der Waals surface area contributed by atoms with E-state index in [1.165, 1.54) is 25.0 Å². The number of hydrogen-bond donors (Lipinski definition) is 1. The zero-order valence-corrected chi connectivity index (χ0v) is 13.7. The average Bonchev–Trinajstić information content (AvgIpc) is 3.28. The SMILES string of the molecule is CC(C)CC1CN(Cc2ccccn2)C(C)(C2CC2)CN1. The molecule has 0 amide bonds. The molecular formula is C18H29N3. The number of nitrogens with zero attached hydrogens (tertiary/aromatic N) is 2. The standard InChI is InChI=1S/C18H29N3/c1-14(2)10-17-12-21(11-16-6-4-5-9-19-16)18(3,13-20-17)15-7-8-15/h4-6,9,14-15,17,20H,7-8,10-13H2,1-3H3. The minimum absolute atomic E-state index is 0.311. The lowest BCUT2D eigenvalue weighted by Crippen LogP contribution is -2.64. The fourth-order valence-corrected chi connectivity index (χ4v) is 3.77. The van der Waals surface area contributed by atoms with Gasteiger partial charge in [-0.15, -0.1) is 0 Å². The van der Waals surface area contributed by atoms with Gasteiger partial charge in [0.25, 0.3) is 0 Å². The van der Waals surface area contributed by atoms with Gasteiger partial charge >= 0.3 is 0 Å². The predicted octanol–water partition coefficient (Wildman–Crippen LogP) is 3.07. The Morgan fingerprint density at radius 1 is 1.38 bits per heavy atom. The van der Waals surface area contributed by atoms with Gasteiger partial charge in [-0.2, -0.15) is 0 Å². The third kappa shape index (κ3) is 3.46. The van der Waals surface area contributed by atoms with Gasteiger partial charge in [0.1, 0.15) is 0 Å². The average molecular weight is 287 g/mol. The molecule has 1 aromatic heterocycles. The van der Waals surface area contributed by atoms with Crippen LogP contribution in [-0.4, -0.2) is 34.6 Å². The van der Waals surface area contributed by atoms with Crippen LogP contribution in [0.3, 0.4) is 0 Å². The van der Waals surface area contributed by atoms with E-state index in [9.17, 15) is 0 Å². The molecule has 2 unspecified atom stereocenters. The van der Waals surface area contributed by atoms with E-state index in [2.05, 4.69) is 48.1 Å². The molecule has 3 rings (SSSR count). The molecule has 2 heterocycles. The monoisotopic (exact) mass is 287 g/mol. The Kier molecular flexibility index (Phi) is 4.32. The van der Waals surface area contributed by atoms with Crippen molar-refractivity contribution < 1.29 is 0 Å². The third-order valence-corrected chi connectivity index (χ3v) is 5.20. The summed E-state index contributed by atoms with van der Waals surface area (Å²) in [6.07, 6.45) is 5.97. The zero-order chi connectivity index (χ0) is 14.9. The van der Waals surface area contributed by atoms with Gasteiger partial charge in [0.2, 0.25) is 0 Å². The van der Waals surface area contributed by atoms with Crippen molar-refractivity contribution in [1.29, 1.82) is 0 Å². The van der Waals surface area contributed by atoms with Crippen LogP contribution in [0.1, 0.15) is 45.7 Å². The highest BCUT2D eigenvalue weighted by Crippen LogP contribution is 2.44. The van der Waals surface area contributed by atoms with Crippen LogP contribution in [0.4, 0.5) is 0 Å². The molecule has 2 aliphatic rings. The van der Waals surface area contributed by atoms with E-state index in [-0.39, 0.29) is 0 Å². The van der Waals surface area contributed by atoms with Crippen LogP contribution in [-0.2, 0) is 6.54 Å². The maximum absolute atomic E-state index is 4.54. The summed E-state index contributed by atoms with van der Waals surface area (Å²) in [4.78, 5) is 7.25. The largest absolute Gasteiger partial charge is 0.311 e. The fraction of sp³-hybridized carbons (Fsp3) is 0.722. The lowest BCUT2D eigenvalue weighted by atomic mass is 9.87. The van der Waals surface area contributed by atoms with Crippen LogP contribution in [0.25, 0.3) is 0 Å². The Morgan fingerprint density at radius 2 is 2.19 bits per heavy atom. The molecule has 1 aliphatic heterocycles. The van der Waals surface area contributed by atoms with Crippen molar-refractivity contribution in [2.24, 2.45) is 11.8 Å². The lowest BCUT2D eigenvalue weighted by Gasteiger charge is -2.49. The number of piperazine rings is 1. The third-order valence-electron chi connectivity index (χ3n) is 5.20. The topological polar surface area (TPSA) is 28.2 Å². The minimum atomic E-state index is 0.311. The van der Waals surface area contributed by atoms with Crippen LogP contribution >= 0.6 is 0 Å². The van der Waals surface area contributed by atoms with E-state index in [1.54, 1.807) is 0 Å². The number of pyridine rings is 1. The summed E-state index contributed by atoms with van der Waals surface area (Å²) in [5.74, 6) is 1.62. The summed E-state index contributed by atoms with van der Waals surface area (Å²) in [7, 11) is 0. The van der Waals surface area contributed by atoms with E-state index in [1.807, 2.05) is 12.3 Å². The molecule has 0 aromatic carbocycles. The molecule has 0 spiro atoms. The first-order valence-electron chi connectivity index (χ1n) is 8.46. The summed E-state index contributed by atoms with van der Waals surface area (Å²) in [6, 6.07) is 6.89. The summed E-state index contributed by atoms with van der Waals surface area (Å²) < 4.78 is 0. The maximum atomic E-state index is 4.54. The van der Waals surface area contributed by atoms with Gasteiger partial charge in [-0.3, -0.25) is 9.88 Å². The van der Waals surface area contributed by atoms with E-state index in [4.69, 9.17) is 0 Å². The number of hydrogen-bond acceptors (Lipinski definition) is 3. The summed E-state index contributed by atoms with van der Waals surface area (Å²) in [6.45, 7) is 10.4. The number of nitrogens with one attached hydrogen (secondary N) is 1. The second-order valence-electron chi connectivity index (χ2n) is 7.54. The number of aromatic nitrogens is 1. The van der Waals surface area contributed by atoms with Crippen LogP contribution in [0, 0.1) is 11.8 Å². The summed E-state index contributed by atoms with van der Waals surface area (Å²) in [5, 5.41) is 3.82. The van der Waals surface area contributed by atoms with E-state index >= 15 is 0 Å². The summed E-state index contributed by atoms with van der Waals surface area (Å²) >= 11 is 0. The highest BCUT2D eigenvalue weighted by Gasteiger charge is 2.48. The highest BCUT2D eigenvalue weighted by atomic mass is 15.3. The molecule has 3 nitrogen and oxygen atoms in total. The molecule has 1 N–H and O–H groups in total. The van der Waals surface area contributed by atoms with Crippen molar-refractivity contribution in [3.63, 3.8) is 0 Å². The zero-order valence-electron chi connectivity index (χ0n) is 13.7. The van der Waals surface area contributed by atoms with Gasteiger partial charge in [-0.05, 0) is 50.2 Å². The van der Waals surface area contributed by atoms with Gasteiger partial charge in [-0.1, -0.05) is 19.9 Å². The molecule has 116 valence electrons. The van der Waals surface area contributed by atoms with Gasteiger partial charge in [-0.25, -0.2) is 0 Å². The van der Waals surface area contributed by atoms with Crippen molar-refractivity contribution in [3.05, 3.63) is 30.1 Å². The van der Waals surface area contributed by atoms with Gasteiger partial charge < -0.3 is 5.32 Å². The highest BCUT2D eigenvalue weighted by molar-refractivity contribution is 5.09. The molecule has 21 heavy (non-hydrogen) atoms. The molecule has 1 saturated carbocycles. The Bertz CT molecular complexity index is 455. The van der Waals surface area contributed by atoms with Crippen LogP contribution in [0.5, 0.6) is 0 Å². The quantitative estimate of drug-likeness (QED) is 0.902. The molecule has 1 saturated heterocycles. The summed E-state index contributed by atoms with van der Waals surface area (Å²) in [5.41, 5.74) is 1.51. The lowest BCUT2D eigenvalue weighted by molar-refractivity contribution is 0.0228. The second kappa shape index (κ2) is 6.05. The van der Waals surface area contributed by atoms with Gasteiger partial charge in [0, 0.05) is 37.4 Å². The maximum Gasteiger partial charge on any atom is 0.0544 e. The van der Waals surface area contributed by atoms with Crippen molar-refractivity contribution in [2.45, 2.75) is 58.2 Å². The molecular weight excluding hydrogens is 258 g/mol. The minimum Gasteiger partial charge on any atom is -0.311 e. The molecule has 2 atom stereocenters. The first-order chi connectivity index (χ1) is 10.1. The predicted molar refractivity (Wildman–Crippen MR) is 87.0 cm³/mol. The molecule has 1 aromatic rings. The van der Waals surface area contributed by atoms with E-state index in [0.29, 0.717) is 11.6 Å². The van der Waals surface area contributed by atoms with Gasteiger partial charge in [0.15, 0.2) is 0 Å². The Hall–Kier alpha value is -0.930. The van der Waals surface area contributed by atoms with Crippen LogP contribution < -0.4 is 5.32 Å². The Labute approximate surface area is 129 Å². The van der Waals surface area contributed by atoms with Crippen molar-refractivity contribution in [2.75, 3.05) is 13.1 Å². The molecule has 2 fully saturated rings. The number of rotatable bonds is 5. The molecule has 0 radical (unpaired) electrons. The molecule has 0 bridgehead atoms. The fourth-order valence-electron chi connectivity index (χ4n) is 3.77. The normalized spacial score (nSPS) is 30.8.